The summed E-state index contributed by atoms with van der Waals surface area (Å²) in [5, 5.41) is 10.6. The second-order valence-electron chi connectivity index (χ2n) is 5.68. The molecular weight excluding hydrogens is 354 g/mol. The molecule has 0 amide bonds. The molecule has 0 aliphatic heterocycles. The van der Waals surface area contributed by atoms with Crippen LogP contribution in [0.3, 0.4) is 0 Å². The molecule has 0 N–H and O–H groups in total. The first-order valence-electron chi connectivity index (χ1n) is 7.71. The second-order valence-corrected chi connectivity index (χ2v) is 7.23. The average Bonchev–Trinajstić information content (AvgIpc) is 2.63. The molecule has 0 aromatic heterocycles. The molecule has 7 heteroatoms. The van der Waals surface area contributed by atoms with Gasteiger partial charge in [0.25, 0.3) is 5.69 Å². The third-order valence-corrected chi connectivity index (χ3v) is 5.04. The number of nitro benzene ring substituents is 1. The number of nitro groups is 1. The van der Waals surface area contributed by atoms with Crippen LogP contribution in [0.25, 0.3) is 11.1 Å². The Labute approximate surface area is 151 Å². The summed E-state index contributed by atoms with van der Waals surface area (Å²) in [6, 6.07) is 19.2. The van der Waals surface area contributed by atoms with E-state index in [9.17, 15) is 18.5 Å². The van der Waals surface area contributed by atoms with E-state index in [-0.39, 0.29) is 16.3 Å². The van der Waals surface area contributed by atoms with E-state index in [2.05, 4.69) is 0 Å². The SMILES string of the molecule is Cc1ccc(-c2ccc(OS(=O)(=O)c3ccc([N+](=O)[O-])cc3)cc2)cc1. The van der Waals surface area contributed by atoms with Crippen molar-refractivity contribution in [2.24, 2.45) is 0 Å². The fourth-order valence-electron chi connectivity index (χ4n) is 2.36. The molecule has 0 atom stereocenters. The zero-order valence-corrected chi connectivity index (χ0v) is 14.6. The van der Waals surface area contributed by atoms with Gasteiger partial charge < -0.3 is 4.18 Å². The minimum Gasteiger partial charge on any atom is -0.379 e. The maximum absolute atomic E-state index is 12.3. The van der Waals surface area contributed by atoms with Crippen molar-refractivity contribution in [1.82, 2.24) is 0 Å². The van der Waals surface area contributed by atoms with Crippen LogP contribution in [-0.2, 0) is 10.1 Å². The van der Waals surface area contributed by atoms with Gasteiger partial charge in [-0.1, -0.05) is 42.0 Å². The van der Waals surface area contributed by atoms with Crippen molar-refractivity contribution in [2.75, 3.05) is 0 Å². The normalized spacial score (nSPS) is 11.1. The average molecular weight is 369 g/mol. The highest BCUT2D eigenvalue weighted by Gasteiger charge is 2.18. The topological polar surface area (TPSA) is 86.5 Å². The molecule has 0 aliphatic rings. The zero-order chi connectivity index (χ0) is 18.7. The summed E-state index contributed by atoms with van der Waals surface area (Å²) in [6.45, 7) is 2.00. The molecular formula is C19H15NO5S. The van der Waals surface area contributed by atoms with Crippen molar-refractivity contribution >= 4 is 15.8 Å². The fraction of sp³-hybridized carbons (Fsp3) is 0.0526. The van der Waals surface area contributed by atoms with Gasteiger partial charge in [-0.2, -0.15) is 8.42 Å². The van der Waals surface area contributed by atoms with Gasteiger partial charge in [-0.15, -0.1) is 0 Å². The van der Waals surface area contributed by atoms with E-state index in [0.29, 0.717) is 0 Å². The van der Waals surface area contributed by atoms with Gasteiger partial charge in [0.15, 0.2) is 0 Å². The van der Waals surface area contributed by atoms with Gasteiger partial charge in [0.05, 0.1) is 4.92 Å². The summed E-state index contributed by atoms with van der Waals surface area (Å²) in [7, 11) is -4.06. The molecule has 0 spiro atoms. The number of aryl methyl sites for hydroxylation is 1. The van der Waals surface area contributed by atoms with Gasteiger partial charge in [-0.25, -0.2) is 0 Å². The van der Waals surface area contributed by atoms with Crippen molar-refractivity contribution in [3.63, 3.8) is 0 Å². The molecule has 0 heterocycles. The van der Waals surface area contributed by atoms with Crippen LogP contribution in [0, 0.1) is 17.0 Å². The van der Waals surface area contributed by atoms with Crippen molar-refractivity contribution in [3.05, 3.63) is 88.5 Å². The lowest BCUT2D eigenvalue weighted by molar-refractivity contribution is -0.384. The van der Waals surface area contributed by atoms with Crippen LogP contribution < -0.4 is 4.18 Å². The maximum Gasteiger partial charge on any atom is 0.339 e. The van der Waals surface area contributed by atoms with Gasteiger partial charge in [0, 0.05) is 12.1 Å². The van der Waals surface area contributed by atoms with E-state index < -0.39 is 15.0 Å². The zero-order valence-electron chi connectivity index (χ0n) is 13.8. The molecule has 6 nitrogen and oxygen atoms in total. The van der Waals surface area contributed by atoms with Crippen LogP contribution in [0.15, 0.2) is 77.7 Å². The van der Waals surface area contributed by atoms with Crippen LogP contribution in [0.2, 0.25) is 0 Å². The number of hydrogen-bond donors (Lipinski definition) is 0. The molecule has 0 bridgehead atoms. The number of benzene rings is 3. The number of rotatable bonds is 5. The Morgan fingerprint density at radius 3 is 1.81 bits per heavy atom. The third kappa shape index (κ3) is 3.89. The van der Waals surface area contributed by atoms with Crippen molar-refractivity contribution in [2.45, 2.75) is 11.8 Å². The van der Waals surface area contributed by atoms with Crippen LogP contribution in [-0.4, -0.2) is 13.3 Å². The summed E-state index contributed by atoms with van der Waals surface area (Å²) in [6.07, 6.45) is 0. The lowest BCUT2D eigenvalue weighted by Gasteiger charge is -2.08. The Morgan fingerprint density at radius 1 is 0.808 bits per heavy atom. The first-order chi connectivity index (χ1) is 12.3. The van der Waals surface area contributed by atoms with Gasteiger partial charge in [-0.05, 0) is 42.3 Å². The molecule has 3 aromatic rings. The molecule has 26 heavy (non-hydrogen) atoms. The monoisotopic (exact) mass is 369 g/mol. The Bertz CT molecular complexity index is 1020. The van der Waals surface area contributed by atoms with E-state index in [1.54, 1.807) is 24.3 Å². The minimum atomic E-state index is -4.06. The van der Waals surface area contributed by atoms with E-state index >= 15 is 0 Å². The van der Waals surface area contributed by atoms with Crippen LogP contribution in [0.5, 0.6) is 5.75 Å². The number of hydrogen-bond acceptors (Lipinski definition) is 5. The Balaban J connectivity index is 1.79. The Kier molecular flexibility index (Phi) is 4.73. The molecule has 0 saturated heterocycles. The number of non-ortho nitro benzene ring substituents is 1. The smallest absolute Gasteiger partial charge is 0.339 e. The summed E-state index contributed by atoms with van der Waals surface area (Å²) >= 11 is 0. The van der Waals surface area contributed by atoms with E-state index in [4.69, 9.17) is 4.18 Å². The molecule has 0 aliphatic carbocycles. The summed E-state index contributed by atoms with van der Waals surface area (Å²) in [5.41, 5.74) is 2.92. The van der Waals surface area contributed by atoms with E-state index in [0.717, 1.165) is 41.0 Å². The molecule has 3 aromatic carbocycles. The van der Waals surface area contributed by atoms with E-state index in [1.165, 1.54) is 0 Å². The van der Waals surface area contributed by atoms with Gasteiger partial charge >= 0.3 is 10.1 Å². The summed E-state index contributed by atoms with van der Waals surface area (Å²) < 4.78 is 29.7. The first kappa shape index (κ1) is 17.6. The van der Waals surface area contributed by atoms with E-state index in [1.807, 2.05) is 31.2 Å². The quantitative estimate of drug-likeness (QED) is 0.379. The molecule has 0 radical (unpaired) electrons. The third-order valence-electron chi connectivity index (χ3n) is 3.78. The number of nitrogens with zero attached hydrogens (tertiary/aromatic N) is 1. The molecule has 132 valence electrons. The van der Waals surface area contributed by atoms with Crippen molar-refractivity contribution < 1.29 is 17.5 Å². The highest BCUT2D eigenvalue weighted by Crippen LogP contribution is 2.25. The molecule has 0 fully saturated rings. The Morgan fingerprint density at radius 2 is 1.31 bits per heavy atom. The standard InChI is InChI=1S/C19H15NO5S/c1-14-2-4-15(5-3-14)16-6-10-18(11-7-16)25-26(23,24)19-12-8-17(9-13-19)20(21)22/h2-13H,1H3. The lowest BCUT2D eigenvalue weighted by atomic mass is 10.0. The Hall–Kier alpha value is -3.19. The van der Waals surface area contributed by atoms with Crippen molar-refractivity contribution in [3.8, 4) is 16.9 Å². The van der Waals surface area contributed by atoms with Gasteiger partial charge in [0.1, 0.15) is 10.6 Å². The lowest BCUT2D eigenvalue weighted by Crippen LogP contribution is -2.09. The van der Waals surface area contributed by atoms with Crippen molar-refractivity contribution in [1.29, 1.82) is 0 Å². The summed E-state index contributed by atoms with van der Waals surface area (Å²) in [4.78, 5) is 9.90. The van der Waals surface area contributed by atoms with Crippen LogP contribution in [0.1, 0.15) is 5.56 Å². The van der Waals surface area contributed by atoms with Crippen LogP contribution in [0.4, 0.5) is 5.69 Å². The highest BCUT2D eigenvalue weighted by molar-refractivity contribution is 7.87. The highest BCUT2D eigenvalue weighted by atomic mass is 32.2. The molecule has 0 unspecified atom stereocenters. The predicted octanol–water partition coefficient (Wildman–Crippen LogP) is 4.34. The minimum absolute atomic E-state index is 0.147. The van der Waals surface area contributed by atoms with Gasteiger partial charge in [0.2, 0.25) is 0 Å². The van der Waals surface area contributed by atoms with Gasteiger partial charge in [-0.3, -0.25) is 10.1 Å². The second kappa shape index (κ2) is 6.97. The fourth-order valence-corrected chi connectivity index (χ4v) is 3.29. The molecule has 3 rings (SSSR count). The first-order valence-corrected chi connectivity index (χ1v) is 9.12. The summed E-state index contributed by atoms with van der Waals surface area (Å²) in [5.74, 6) is 0.166. The largest absolute Gasteiger partial charge is 0.379 e. The maximum atomic E-state index is 12.3. The van der Waals surface area contributed by atoms with Crippen LogP contribution >= 0.6 is 0 Å². The predicted molar refractivity (Wildman–Crippen MR) is 97.5 cm³/mol. The molecule has 0 saturated carbocycles.